The molecule has 0 radical (unpaired) electrons. The van der Waals surface area contributed by atoms with Gasteiger partial charge in [0.1, 0.15) is 0 Å². The highest BCUT2D eigenvalue weighted by Gasteiger charge is 2.36. The maximum absolute atomic E-state index is 8.82. The molecule has 0 saturated heterocycles. The smallest absolute Gasteiger partial charge is 0.0720 e. The normalized spacial score (nSPS) is 18.0. The lowest BCUT2D eigenvalue weighted by Crippen LogP contribution is -2.42. The maximum atomic E-state index is 8.82. The van der Waals surface area contributed by atoms with Crippen LogP contribution in [0.25, 0.3) is 0 Å². The third kappa shape index (κ3) is 2.46. The zero-order chi connectivity index (χ0) is 9.12. The fourth-order valence-corrected chi connectivity index (χ4v) is 0.997. The first-order valence-corrected chi connectivity index (χ1v) is 4.03. The van der Waals surface area contributed by atoms with Crippen LogP contribution in [0.15, 0.2) is 0 Å². The molecule has 0 aliphatic rings. The molecule has 0 spiro atoms. The first kappa shape index (κ1) is 10.9. The summed E-state index contributed by atoms with van der Waals surface area (Å²) in [6.45, 7) is 8.56. The Hall–Kier alpha value is -0.0800. The summed E-state index contributed by atoms with van der Waals surface area (Å²) in [6, 6.07) is 0. The van der Waals surface area contributed by atoms with Crippen LogP contribution >= 0.6 is 0 Å². The van der Waals surface area contributed by atoms with Gasteiger partial charge in [0.05, 0.1) is 5.60 Å². The molecule has 1 N–H and O–H groups in total. The van der Waals surface area contributed by atoms with E-state index in [-0.39, 0.29) is 17.6 Å². The van der Waals surface area contributed by atoms with Crippen molar-refractivity contribution in [3.8, 4) is 0 Å². The van der Waals surface area contributed by atoms with Crippen molar-refractivity contribution in [2.24, 2.45) is 5.41 Å². The predicted octanol–water partition coefficient (Wildman–Crippen LogP) is 1.82. The summed E-state index contributed by atoms with van der Waals surface area (Å²) in [5.41, 5.74) is -0.147. The third-order valence-electron chi connectivity index (χ3n) is 2.63. The van der Waals surface area contributed by atoms with E-state index in [1.54, 1.807) is 7.11 Å². The molecule has 0 fully saturated rings. The van der Waals surface area contributed by atoms with Gasteiger partial charge in [0.15, 0.2) is 0 Å². The Morgan fingerprint density at radius 1 is 1.18 bits per heavy atom. The number of ether oxygens (including phenoxy) is 1. The van der Waals surface area contributed by atoms with Crippen LogP contribution in [0.5, 0.6) is 0 Å². The lowest BCUT2D eigenvalue weighted by Gasteiger charge is -2.40. The molecule has 0 aromatic rings. The minimum atomic E-state index is -0.220. The van der Waals surface area contributed by atoms with Gasteiger partial charge in [0.2, 0.25) is 0 Å². The minimum Gasteiger partial charge on any atom is -0.396 e. The molecule has 0 rings (SSSR count). The topological polar surface area (TPSA) is 29.5 Å². The molecule has 68 valence electrons. The minimum absolute atomic E-state index is 0.0739. The summed E-state index contributed by atoms with van der Waals surface area (Å²) in [4.78, 5) is 0. The van der Waals surface area contributed by atoms with Crippen molar-refractivity contribution in [3.05, 3.63) is 0 Å². The van der Waals surface area contributed by atoms with Crippen LogP contribution in [0.3, 0.4) is 0 Å². The molecule has 0 bridgehead atoms. The fourth-order valence-electron chi connectivity index (χ4n) is 0.997. The van der Waals surface area contributed by atoms with Crippen molar-refractivity contribution in [1.29, 1.82) is 0 Å². The van der Waals surface area contributed by atoms with Gasteiger partial charge in [-0.05, 0) is 18.8 Å². The van der Waals surface area contributed by atoms with Gasteiger partial charge in [0.25, 0.3) is 0 Å². The third-order valence-corrected chi connectivity index (χ3v) is 2.63. The maximum Gasteiger partial charge on any atom is 0.0720 e. The summed E-state index contributed by atoms with van der Waals surface area (Å²) in [5, 5.41) is 8.82. The summed E-state index contributed by atoms with van der Waals surface area (Å²) < 4.78 is 5.38. The highest BCUT2D eigenvalue weighted by atomic mass is 16.5. The molecule has 0 aromatic carbocycles. The molecule has 1 unspecified atom stereocenters. The Morgan fingerprint density at radius 2 is 1.64 bits per heavy atom. The molecule has 0 aliphatic carbocycles. The number of aliphatic hydroxyl groups excluding tert-OH is 1. The molecule has 2 heteroatoms. The van der Waals surface area contributed by atoms with Crippen LogP contribution in [-0.4, -0.2) is 24.4 Å². The second-order valence-electron chi connectivity index (χ2n) is 4.16. The molecule has 11 heavy (non-hydrogen) atoms. The van der Waals surface area contributed by atoms with E-state index in [9.17, 15) is 0 Å². The summed E-state index contributed by atoms with van der Waals surface area (Å²) >= 11 is 0. The molecule has 0 aliphatic heterocycles. The van der Waals surface area contributed by atoms with Crippen LogP contribution in [0.4, 0.5) is 0 Å². The number of hydrogen-bond acceptors (Lipinski definition) is 2. The number of hydrogen-bond donors (Lipinski definition) is 1. The van der Waals surface area contributed by atoms with Gasteiger partial charge < -0.3 is 9.84 Å². The number of aliphatic hydroxyl groups is 1. The van der Waals surface area contributed by atoms with Gasteiger partial charge in [-0.15, -0.1) is 0 Å². The Morgan fingerprint density at radius 3 is 1.73 bits per heavy atom. The lowest BCUT2D eigenvalue weighted by atomic mass is 9.76. The van der Waals surface area contributed by atoms with Gasteiger partial charge in [0, 0.05) is 13.7 Å². The highest BCUT2D eigenvalue weighted by Crippen LogP contribution is 2.35. The zero-order valence-electron chi connectivity index (χ0n) is 8.27. The molecule has 0 heterocycles. The largest absolute Gasteiger partial charge is 0.396 e. The Bertz CT molecular complexity index is 115. The van der Waals surface area contributed by atoms with E-state index in [1.165, 1.54) is 0 Å². The van der Waals surface area contributed by atoms with Crippen LogP contribution in [0.2, 0.25) is 0 Å². The molecular weight excluding hydrogens is 140 g/mol. The van der Waals surface area contributed by atoms with Crippen LogP contribution in [0.1, 0.15) is 34.1 Å². The summed E-state index contributed by atoms with van der Waals surface area (Å²) in [5.74, 6) is 0. The number of methoxy groups -OCH3 is 1. The molecule has 0 saturated carbocycles. The standard InChI is InChI=1S/C9H20O2/c1-8(2,3)9(4,11-5)6-7-10/h10H,6-7H2,1-5H3. The monoisotopic (exact) mass is 160 g/mol. The van der Waals surface area contributed by atoms with Gasteiger partial charge in [-0.2, -0.15) is 0 Å². The van der Waals surface area contributed by atoms with Crippen LogP contribution < -0.4 is 0 Å². The van der Waals surface area contributed by atoms with E-state index in [2.05, 4.69) is 20.8 Å². The van der Waals surface area contributed by atoms with Crippen molar-refractivity contribution in [1.82, 2.24) is 0 Å². The van der Waals surface area contributed by atoms with Crippen LogP contribution in [-0.2, 0) is 4.74 Å². The second-order valence-corrected chi connectivity index (χ2v) is 4.16. The van der Waals surface area contributed by atoms with Crippen LogP contribution in [0, 0.1) is 5.41 Å². The molecule has 0 aromatic heterocycles. The quantitative estimate of drug-likeness (QED) is 0.682. The number of rotatable bonds is 3. The predicted molar refractivity (Wildman–Crippen MR) is 46.6 cm³/mol. The average molecular weight is 160 g/mol. The van der Waals surface area contributed by atoms with Crippen molar-refractivity contribution in [2.75, 3.05) is 13.7 Å². The highest BCUT2D eigenvalue weighted by molar-refractivity contribution is 4.87. The summed E-state index contributed by atoms with van der Waals surface area (Å²) in [7, 11) is 1.70. The first-order valence-electron chi connectivity index (χ1n) is 4.03. The van der Waals surface area contributed by atoms with Crippen molar-refractivity contribution < 1.29 is 9.84 Å². The molecule has 1 atom stereocenters. The van der Waals surface area contributed by atoms with Gasteiger partial charge in [-0.25, -0.2) is 0 Å². The second kappa shape index (κ2) is 3.55. The Kier molecular flexibility index (Phi) is 3.52. The Balaban J connectivity index is 4.33. The molecule has 2 nitrogen and oxygen atoms in total. The van der Waals surface area contributed by atoms with E-state index in [4.69, 9.17) is 9.84 Å². The summed E-state index contributed by atoms with van der Waals surface area (Å²) in [6.07, 6.45) is 0.688. The fraction of sp³-hybridized carbons (Fsp3) is 1.00. The first-order chi connectivity index (χ1) is 4.87. The van der Waals surface area contributed by atoms with E-state index in [1.807, 2.05) is 6.92 Å². The van der Waals surface area contributed by atoms with Gasteiger partial charge >= 0.3 is 0 Å². The lowest BCUT2D eigenvalue weighted by molar-refractivity contribution is -0.0904. The van der Waals surface area contributed by atoms with Crippen molar-refractivity contribution in [3.63, 3.8) is 0 Å². The van der Waals surface area contributed by atoms with E-state index in [0.29, 0.717) is 6.42 Å². The van der Waals surface area contributed by atoms with E-state index in [0.717, 1.165) is 0 Å². The zero-order valence-corrected chi connectivity index (χ0v) is 8.27. The molecule has 0 amide bonds. The Labute approximate surface area is 69.6 Å². The average Bonchev–Trinajstić information content (AvgIpc) is 1.86. The van der Waals surface area contributed by atoms with Crippen molar-refractivity contribution >= 4 is 0 Å². The van der Waals surface area contributed by atoms with E-state index >= 15 is 0 Å². The molecular formula is C9H20O2. The van der Waals surface area contributed by atoms with Gasteiger partial charge in [-0.1, -0.05) is 20.8 Å². The van der Waals surface area contributed by atoms with E-state index < -0.39 is 0 Å². The van der Waals surface area contributed by atoms with Crippen molar-refractivity contribution in [2.45, 2.75) is 39.7 Å². The van der Waals surface area contributed by atoms with Gasteiger partial charge in [-0.3, -0.25) is 0 Å². The SMILES string of the molecule is COC(C)(CCO)C(C)(C)C.